The van der Waals surface area contributed by atoms with Gasteiger partial charge < -0.3 is 5.32 Å². The molecule has 3 heterocycles. The minimum absolute atomic E-state index is 0.275. The number of aryl methyl sites for hydroxylation is 1. The molecule has 0 aromatic carbocycles. The van der Waals surface area contributed by atoms with Gasteiger partial charge in [-0.2, -0.15) is 0 Å². The Hall–Kier alpha value is -2.55. The van der Waals surface area contributed by atoms with Gasteiger partial charge in [0.1, 0.15) is 5.01 Å². The maximum atomic E-state index is 11.9. The zero-order chi connectivity index (χ0) is 15.4. The average Bonchev–Trinajstić information content (AvgIpc) is 3.12. The molecule has 2 amide bonds. The largest absolute Gasteiger partial charge is 0.330 e. The van der Waals surface area contributed by atoms with Crippen LogP contribution in [0.25, 0.3) is 5.65 Å². The fourth-order valence-corrected chi connectivity index (χ4v) is 2.77. The van der Waals surface area contributed by atoms with Crippen LogP contribution in [0.15, 0.2) is 24.4 Å². The van der Waals surface area contributed by atoms with Crippen molar-refractivity contribution < 1.29 is 4.79 Å². The summed E-state index contributed by atoms with van der Waals surface area (Å²) < 4.78 is 1.82. The number of carbonyl (C=O) groups is 1. The van der Waals surface area contributed by atoms with E-state index < -0.39 is 0 Å². The third-order valence-electron chi connectivity index (χ3n) is 2.94. The van der Waals surface area contributed by atoms with Crippen LogP contribution in [0.1, 0.15) is 24.2 Å². The Morgan fingerprint density at radius 2 is 2.18 bits per heavy atom. The molecule has 3 aromatic heterocycles. The number of amides is 2. The first-order chi connectivity index (χ1) is 10.8. The molecule has 0 unspecified atom stereocenters. The van der Waals surface area contributed by atoms with E-state index in [1.807, 2.05) is 28.8 Å². The van der Waals surface area contributed by atoms with Gasteiger partial charge in [-0.15, -0.1) is 20.4 Å². The van der Waals surface area contributed by atoms with E-state index in [2.05, 4.69) is 38.0 Å². The molecule has 0 aliphatic carbocycles. The molecule has 0 fully saturated rings. The highest BCUT2D eigenvalue weighted by Gasteiger charge is 2.09. The van der Waals surface area contributed by atoms with Crippen LogP contribution >= 0.6 is 11.3 Å². The summed E-state index contributed by atoms with van der Waals surface area (Å²) in [5.41, 5.74) is 0.744. The number of hydrogen-bond donors (Lipinski definition) is 2. The first kappa shape index (κ1) is 14.4. The standard InChI is InChI=1S/C13H15N7OS/c1-2-5-11-18-19-13(22-11)15-12(21)14-8-10-17-16-9-6-3-4-7-20(9)10/h3-4,6-7H,2,5,8H2,1H3,(H2,14,15,19,21). The molecule has 0 saturated heterocycles. The minimum Gasteiger partial charge on any atom is -0.330 e. The third-order valence-corrected chi connectivity index (χ3v) is 3.84. The molecule has 0 radical (unpaired) electrons. The van der Waals surface area contributed by atoms with Gasteiger partial charge in [0.15, 0.2) is 11.5 Å². The molecule has 0 bridgehead atoms. The van der Waals surface area contributed by atoms with Crippen LogP contribution in [0.3, 0.4) is 0 Å². The molecule has 2 N–H and O–H groups in total. The van der Waals surface area contributed by atoms with Gasteiger partial charge in [0.25, 0.3) is 0 Å². The Morgan fingerprint density at radius 1 is 1.27 bits per heavy atom. The number of hydrogen-bond acceptors (Lipinski definition) is 6. The number of carbonyl (C=O) groups excluding carboxylic acids is 1. The van der Waals surface area contributed by atoms with Crippen molar-refractivity contribution in [1.29, 1.82) is 0 Å². The molecule has 8 nitrogen and oxygen atoms in total. The molecule has 0 aliphatic heterocycles. The summed E-state index contributed by atoms with van der Waals surface area (Å²) in [6.07, 6.45) is 3.72. The number of nitrogens with zero attached hydrogens (tertiary/aromatic N) is 5. The SMILES string of the molecule is CCCc1nnc(NC(=O)NCc2nnc3ccccn23)s1. The van der Waals surface area contributed by atoms with Crippen LogP contribution in [-0.2, 0) is 13.0 Å². The fourth-order valence-electron chi connectivity index (χ4n) is 1.93. The molecular weight excluding hydrogens is 302 g/mol. The number of anilines is 1. The summed E-state index contributed by atoms with van der Waals surface area (Å²) in [6, 6.07) is 5.28. The van der Waals surface area contributed by atoms with Crippen molar-refractivity contribution in [1.82, 2.24) is 30.1 Å². The lowest BCUT2D eigenvalue weighted by Crippen LogP contribution is -2.28. The van der Waals surface area contributed by atoms with Gasteiger partial charge in [0.2, 0.25) is 5.13 Å². The van der Waals surface area contributed by atoms with E-state index in [4.69, 9.17) is 0 Å². The lowest BCUT2D eigenvalue weighted by Gasteiger charge is -2.03. The molecule has 3 aromatic rings. The normalized spacial score (nSPS) is 10.8. The number of urea groups is 1. The van der Waals surface area contributed by atoms with Crippen LogP contribution < -0.4 is 10.6 Å². The molecule has 0 aliphatic rings. The Morgan fingerprint density at radius 3 is 3.05 bits per heavy atom. The van der Waals surface area contributed by atoms with Crippen LogP contribution in [0.4, 0.5) is 9.93 Å². The van der Waals surface area contributed by atoms with Gasteiger partial charge in [-0.05, 0) is 18.6 Å². The highest BCUT2D eigenvalue weighted by atomic mass is 32.1. The molecule has 22 heavy (non-hydrogen) atoms. The number of fused-ring (bicyclic) bond motifs is 1. The Kier molecular flexibility index (Phi) is 4.24. The Bertz CT molecular complexity index is 781. The number of rotatable bonds is 5. The van der Waals surface area contributed by atoms with Gasteiger partial charge >= 0.3 is 6.03 Å². The van der Waals surface area contributed by atoms with Crippen LogP contribution in [-0.4, -0.2) is 30.8 Å². The van der Waals surface area contributed by atoms with Crippen molar-refractivity contribution in [3.63, 3.8) is 0 Å². The van der Waals surface area contributed by atoms with Crippen molar-refractivity contribution >= 4 is 28.1 Å². The molecule has 0 atom stereocenters. The predicted octanol–water partition coefficient (Wildman–Crippen LogP) is 1.85. The minimum atomic E-state index is -0.341. The Balaban J connectivity index is 1.57. The lowest BCUT2D eigenvalue weighted by atomic mass is 10.4. The van der Waals surface area contributed by atoms with E-state index in [1.165, 1.54) is 11.3 Å². The van der Waals surface area contributed by atoms with Gasteiger partial charge in [-0.1, -0.05) is 24.3 Å². The van der Waals surface area contributed by atoms with E-state index in [1.54, 1.807) is 0 Å². The lowest BCUT2D eigenvalue weighted by molar-refractivity contribution is 0.251. The molecule has 114 valence electrons. The highest BCUT2D eigenvalue weighted by Crippen LogP contribution is 2.16. The van der Waals surface area contributed by atoms with Crippen molar-refractivity contribution in [3.05, 3.63) is 35.2 Å². The maximum Gasteiger partial charge on any atom is 0.321 e. The van der Waals surface area contributed by atoms with Crippen LogP contribution in [0.5, 0.6) is 0 Å². The van der Waals surface area contributed by atoms with Crippen molar-refractivity contribution in [2.75, 3.05) is 5.32 Å². The van der Waals surface area contributed by atoms with E-state index in [0.717, 1.165) is 23.5 Å². The number of aromatic nitrogens is 5. The summed E-state index contributed by atoms with van der Waals surface area (Å²) in [7, 11) is 0. The highest BCUT2D eigenvalue weighted by molar-refractivity contribution is 7.15. The number of nitrogens with one attached hydrogen (secondary N) is 2. The second-order valence-electron chi connectivity index (χ2n) is 4.60. The molecule has 0 spiro atoms. The predicted molar refractivity (Wildman–Crippen MR) is 82.7 cm³/mol. The summed E-state index contributed by atoms with van der Waals surface area (Å²) >= 11 is 1.38. The van der Waals surface area contributed by atoms with E-state index in [-0.39, 0.29) is 12.6 Å². The van der Waals surface area contributed by atoms with Crippen molar-refractivity contribution in [2.45, 2.75) is 26.3 Å². The van der Waals surface area contributed by atoms with E-state index >= 15 is 0 Å². The summed E-state index contributed by atoms with van der Waals surface area (Å²) in [5.74, 6) is 0.662. The molecule has 3 rings (SSSR count). The maximum absolute atomic E-state index is 11.9. The summed E-state index contributed by atoms with van der Waals surface area (Å²) in [4.78, 5) is 11.9. The first-order valence-corrected chi connectivity index (χ1v) is 7.74. The molecular formula is C13H15N7OS. The van der Waals surface area contributed by atoms with E-state index in [0.29, 0.717) is 11.0 Å². The zero-order valence-electron chi connectivity index (χ0n) is 12.0. The van der Waals surface area contributed by atoms with Gasteiger partial charge in [0.05, 0.1) is 6.54 Å². The van der Waals surface area contributed by atoms with Gasteiger partial charge in [-0.3, -0.25) is 9.72 Å². The average molecular weight is 317 g/mol. The monoisotopic (exact) mass is 317 g/mol. The smallest absolute Gasteiger partial charge is 0.321 e. The zero-order valence-corrected chi connectivity index (χ0v) is 12.8. The molecule has 0 saturated carbocycles. The van der Waals surface area contributed by atoms with E-state index in [9.17, 15) is 4.79 Å². The topological polar surface area (TPSA) is 97.1 Å². The quantitative estimate of drug-likeness (QED) is 0.748. The first-order valence-electron chi connectivity index (χ1n) is 6.92. The summed E-state index contributed by atoms with van der Waals surface area (Å²) in [5, 5.41) is 22.8. The fraction of sp³-hybridized carbons (Fsp3) is 0.308. The van der Waals surface area contributed by atoms with Crippen molar-refractivity contribution in [3.8, 4) is 0 Å². The third kappa shape index (κ3) is 3.19. The van der Waals surface area contributed by atoms with Gasteiger partial charge in [0, 0.05) is 12.6 Å². The summed E-state index contributed by atoms with van der Waals surface area (Å²) in [6.45, 7) is 2.35. The molecule has 9 heteroatoms. The second kappa shape index (κ2) is 6.48. The Labute approximate surface area is 130 Å². The van der Waals surface area contributed by atoms with Crippen molar-refractivity contribution in [2.24, 2.45) is 0 Å². The van der Waals surface area contributed by atoms with Gasteiger partial charge in [-0.25, -0.2) is 4.79 Å². The van der Waals surface area contributed by atoms with Crippen LogP contribution in [0.2, 0.25) is 0 Å². The van der Waals surface area contributed by atoms with Crippen LogP contribution in [0, 0.1) is 0 Å². The second-order valence-corrected chi connectivity index (χ2v) is 5.67. The number of pyridine rings is 1.